The molecule has 0 aromatic heterocycles. The molecule has 3 aliphatic rings. The Labute approximate surface area is 141 Å². The van der Waals surface area contributed by atoms with Gasteiger partial charge in [0.1, 0.15) is 11.5 Å². The normalized spacial score (nSPS) is 33.2. The molecule has 3 heterocycles. The van der Waals surface area contributed by atoms with Crippen LogP contribution in [0.25, 0.3) is 0 Å². The molecule has 2 fully saturated rings. The molecule has 0 N–H and O–H groups in total. The molecule has 126 valence electrons. The van der Waals surface area contributed by atoms with E-state index in [9.17, 15) is 9.59 Å². The van der Waals surface area contributed by atoms with Crippen molar-refractivity contribution in [3.8, 4) is 0 Å². The number of benzene rings is 1. The minimum atomic E-state index is -0.663. The van der Waals surface area contributed by atoms with Crippen LogP contribution in [0.4, 0.5) is 0 Å². The average Bonchev–Trinajstić information content (AvgIpc) is 3.19. The van der Waals surface area contributed by atoms with Gasteiger partial charge in [-0.1, -0.05) is 42.0 Å². The monoisotopic (exact) mass is 327 g/mol. The fraction of sp³-hybridized carbons (Fsp3) is 0.474. The number of rotatable bonds is 4. The predicted octanol–water partition coefficient (Wildman–Crippen LogP) is 1.84. The minimum absolute atomic E-state index is 0.0134. The third-order valence-corrected chi connectivity index (χ3v) is 5.23. The van der Waals surface area contributed by atoms with Crippen LogP contribution >= 0.6 is 0 Å². The van der Waals surface area contributed by atoms with E-state index in [-0.39, 0.29) is 18.0 Å². The zero-order chi connectivity index (χ0) is 16.9. The van der Waals surface area contributed by atoms with Crippen molar-refractivity contribution < 1.29 is 19.1 Å². The van der Waals surface area contributed by atoms with Crippen molar-refractivity contribution >= 4 is 11.9 Å². The highest BCUT2D eigenvalue weighted by molar-refractivity contribution is 5.91. The number of hydrogen-bond donors (Lipinski definition) is 0. The van der Waals surface area contributed by atoms with Crippen LogP contribution in [0.1, 0.15) is 18.1 Å². The number of fused-ring (bicyclic) bond motifs is 1. The maximum absolute atomic E-state index is 13.0. The molecule has 1 spiro atoms. The summed E-state index contributed by atoms with van der Waals surface area (Å²) in [4.78, 5) is 27.1. The van der Waals surface area contributed by atoms with E-state index in [0.29, 0.717) is 19.7 Å². The fourth-order valence-electron chi connectivity index (χ4n) is 4.13. The number of carbonyl (C=O) groups is 2. The lowest BCUT2D eigenvalue weighted by molar-refractivity contribution is -0.153. The van der Waals surface area contributed by atoms with Gasteiger partial charge in [0.15, 0.2) is 0 Å². The summed E-state index contributed by atoms with van der Waals surface area (Å²) in [7, 11) is 0. The largest absolute Gasteiger partial charge is 0.466 e. The van der Waals surface area contributed by atoms with E-state index in [1.807, 2.05) is 43.3 Å². The van der Waals surface area contributed by atoms with E-state index in [2.05, 4.69) is 0 Å². The van der Waals surface area contributed by atoms with Crippen molar-refractivity contribution in [2.75, 3.05) is 13.2 Å². The molecule has 5 heteroatoms. The summed E-state index contributed by atoms with van der Waals surface area (Å²) in [6, 6.07) is 8.15. The van der Waals surface area contributed by atoms with Gasteiger partial charge in [-0.05, 0) is 19.4 Å². The second-order valence-electron chi connectivity index (χ2n) is 6.83. The number of hydrogen-bond acceptors (Lipinski definition) is 4. The highest BCUT2D eigenvalue weighted by Gasteiger charge is 2.67. The van der Waals surface area contributed by atoms with Gasteiger partial charge in [-0.3, -0.25) is 9.59 Å². The summed E-state index contributed by atoms with van der Waals surface area (Å²) in [5.41, 5.74) is 1.61. The molecular weight excluding hydrogens is 306 g/mol. The van der Waals surface area contributed by atoms with Gasteiger partial charge in [0.2, 0.25) is 5.91 Å². The zero-order valence-corrected chi connectivity index (χ0v) is 13.9. The number of amides is 1. The highest BCUT2D eigenvalue weighted by Crippen LogP contribution is 2.52. The number of nitrogens with zero attached hydrogens (tertiary/aromatic N) is 1. The van der Waals surface area contributed by atoms with Gasteiger partial charge in [-0.15, -0.1) is 0 Å². The van der Waals surface area contributed by atoms with Crippen molar-refractivity contribution in [2.45, 2.75) is 32.1 Å². The molecule has 3 aliphatic heterocycles. The Morgan fingerprint density at radius 2 is 2.12 bits per heavy atom. The molecule has 1 amide bonds. The van der Waals surface area contributed by atoms with Crippen LogP contribution in [0.5, 0.6) is 0 Å². The van der Waals surface area contributed by atoms with Gasteiger partial charge in [0, 0.05) is 6.54 Å². The first-order valence-corrected chi connectivity index (χ1v) is 8.42. The Morgan fingerprint density at radius 3 is 2.83 bits per heavy atom. The first kappa shape index (κ1) is 15.4. The molecule has 5 nitrogen and oxygen atoms in total. The van der Waals surface area contributed by atoms with Crippen LogP contribution in [0, 0.1) is 18.8 Å². The van der Waals surface area contributed by atoms with Gasteiger partial charge in [0.05, 0.1) is 25.2 Å². The van der Waals surface area contributed by atoms with Crippen LogP contribution in [-0.2, 0) is 25.6 Å². The number of ether oxygens (including phenoxy) is 2. The molecule has 0 aliphatic carbocycles. The predicted molar refractivity (Wildman–Crippen MR) is 87.0 cm³/mol. The summed E-state index contributed by atoms with van der Waals surface area (Å²) in [6.45, 7) is 5.15. The summed E-state index contributed by atoms with van der Waals surface area (Å²) >= 11 is 0. The summed E-state index contributed by atoms with van der Waals surface area (Å²) in [5.74, 6) is -1.33. The van der Waals surface area contributed by atoms with Gasteiger partial charge in [0.25, 0.3) is 0 Å². The number of likely N-dealkylation sites (tertiary alicyclic amines) is 1. The first-order chi connectivity index (χ1) is 11.5. The molecular formula is C19H21NO4. The van der Waals surface area contributed by atoms with Crippen molar-refractivity contribution in [3.05, 3.63) is 47.5 Å². The number of carbonyl (C=O) groups excluding carboxylic acids is 2. The van der Waals surface area contributed by atoms with Crippen molar-refractivity contribution in [3.63, 3.8) is 0 Å². The topological polar surface area (TPSA) is 55.8 Å². The number of esters is 1. The van der Waals surface area contributed by atoms with Crippen LogP contribution < -0.4 is 0 Å². The average molecular weight is 327 g/mol. The smallest absolute Gasteiger partial charge is 0.312 e. The highest BCUT2D eigenvalue weighted by atomic mass is 16.6. The third-order valence-electron chi connectivity index (χ3n) is 5.23. The first-order valence-electron chi connectivity index (χ1n) is 8.42. The van der Waals surface area contributed by atoms with Crippen molar-refractivity contribution in [1.82, 2.24) is 4.90 Å². The lowest BCUT2D eigenvalue weighted by Crippen LogP contribution is -2.40. The molecule has 1 aromatic carbocycles. The molecule has 0 saturated carbocycles. The van der Waals surface area contributed by atoms with Gasteiger partial charge in [-0.2, -0.15) is 0 Å². The quantitative estimate of drug-likeness (QED) is 0.625. The van der Waals surface area contributed by atoms with E-state index in [1.165, 1.54) is 5.56 Å². The van der Waals surface area contributed by atoms with E-state index >= 15 is 0 Å². The molecule has 2 bridgehead atoms. The molecule has 0 radical (unpaired) electrons. The van der Waals surface area contributed by atoms with Gasteiger partial charge in [-0.25, -0.2) is 0 Å². The van der Waals surface area contributed by atoms with Crippen molar-refractivity contribution in [2.24, 2.45) is 11.8 Å². The fourth-order valence-corrected chi connectivity index (χ4v) is 4.13. The van der Waals surface area contributed by atoms with Crippen LogP contribution in [0.3, 0.4) is 0 Å². The minimum Gasteiger partial charge on any atom is -0.466 e. The Bertz CT molecular complexity index is 711. The summed E-state index contributed by atoms with van der Waals surface area (Å²) < 4.78 is 11.2. The Kier molecular flexibility index (Phi) is 3.49. The zero-order valence-electron chi connectivity index (χ0n) is 13.9. The van der Waals surface area contributed by atoms with E-state index in [4.69, 9.17) is 9.47 Å². The SMILES string of the molecule is CCOC(=O)[C@@H]1[C@@H]2C=C[C@@]3(CN(Cc4ccc(C)cc4)C(=O)[C@@H]13)O2. The summed E-state index contributed by atoms with van der Waals surface area (Å²) in [5, 5.41) is 0. The summed E-state index contributed by atoms with van der Waals surface area (Å²) in [6.07, 6.45) is 3.53. The van der Waals surface area contributed by atoms with E-state index in [0.717, 1.165) is 5.56 Å². The second kappa shape index (κ2) is 5.45. The lowest BCUT2D eigenvalue weighted by Gasteiger charge is -2.22. The molecule has 0 unspecified atom stereocenters. The molecule has 1 aromatic rings. The van der Waals surface area contributed by atoms with Gasteiger partial charge >= 0.3 is 5.97 Å². The van der Waals surface area contributed by atoms with Crippen LogP contribution in [-0.4, -0.2) is 41.6 Å². The molecule has 4 rings (SSSR count). The third kappa shape index (κ3) is 2.18. The lowest BCUT2D eigenvalue weighted by atomic mass is 9.77. The standard InChI is InChI=1S/C19H21NO4/c1-3-23-18(22)15-14-8-9-19(24-14)11-20(17(21)16(15)19)10-13-6-4-12(2)5-7-13/h4-9,14-16H,3,10-11H2,1-2H3/t14-,15+,16+,19-/m0/s1. The number of aryl methyl sites for hydroxylation is 1. The van der Waals surface area contributed by atoms with E-state index in [1.54, 1.807) is 11.8 Å². The Hall–Kier alpha value is -2.14. The maximum atomic E-state index is 13.0. The molecule has 4 atom stereocenters. The van der Waals surface area contributed by atoms with Crippen LogP contribution in [0.2, 0.25) is 0 Å². The van der Waals surface area contributed by atoms with Gasteiger partial charge < -0.3 is 14.4 Å². The molecule has 2 saturated heterocycles. The van der Waals surface area contributed by atoms with Crippen molar-refractivity contribution in [1.29, 1.82) is 0 Å². The second-order valence-corrected chi connectivity index (χ2v) is 6.83. The molecule has 24 heavy (non-hydrogen) atoms. The maximum Gasteiger partial charge on any atom is 0.312 e. The Morgan fingerprint density at radius 1 is 1.38 bits per heavy atom. The van der Waals surface area contributed by atoms with E-state index < -0.39 is 17.4 Å². The Balaban J connectivity index is 1.58. The van der Waals surface area contributed by atoms with Crippen LogP contribution in [0.15, 0.2) is 36.4 Å².